The summed E-state index contributed by atoms with van der Waals surface area (Å²) in [7, 11) is -6.36. The van der Waals surface area contributed by atoms with E-state index >= 15 is 0 Å². The Bertz CT molecular complexity index is 3710. The van der Waals surface area contributed by atoms with Crippen molar-refractivity contribution in [3.63, 3.8) is 0 Å². The van der Waals surface area contributed by atoms with Gasteiger partial charge >= 0.3 is 0 Å². The quantitative estimate of drug-likeness (QED) is 0.0905. The Morgan fingerprint density at radius 1 is 0.240 bits per heavy atom. The van der Waals surface area contributed by atoms with Gasteiger partial charge in [0.05, 0.1) is 16.7 Å². The lowest BCUT2D eigenvalue weighted by molar-refractivity contribution is 1.06. The molecule has 6 heteroatoms. The molecule has 0 radical (unpaired) electrons. The van der Waals surface area contributed by atoms with Gasteiger partial charge in [0, 0.05) is 27.5 Å². The number of para-hydroxylation sites is 3. The molecule has 0 aliphatic rings. The van der Waals surface area contributed by atoms with Gasteiger partial charge in [-0.1, -0.05) is 279 Å². The standard InChI is InChI=1S/C69H50N4Si2/c1-8-28-51(29-9-1)67-70-68(72-69(71-67)63-44-24-27-47-66(63)73-64-45-25-22-42-61(64)62-43-23-26-46-65(62)73)52-48-59(74(53-30-10-2-11-31-53,54-32-12-3-13-33-54)55-34-14-4-15-35-55)50-60(49-52)75(56-36-16-5-17-37-56,57-38-18-6-19-39-57)58-40-20-7-21-41-58/h1-50H. The highest BCUT2D eigenvalue weighted by Crippen LogP contribution is 2.36. The van der Waals surface area contributed by atoms with Crippen molar-refractivity contribution in [1.82, 2.24) is 19.5 Å². The van der Waals surface area contributed by atoms with Crippen LogP contribution >= 0.6 is 0 Å². The van der Waals surface area contributed by atoms with E-state index in [2.05, 4.69) is 302 Å². The van der Waals surface area contributed by atoms with Crippen LogP contribution in [-0.4, -0.2) is 35.7 Å². The van der Waals surface area contributed by atoms with Gasteiger partial charge < -0.3 is 4.57 Å². The zero-order valence-corrected chi connectivity index (χ0v) is 43.2. The van der Waals surface area contributed by atoms with Crippen LogP contribution in [-0.2, 0) is 0 Å². The Hall–Kier alpha value is -9.34. The first-order valence-corrected chi connectivity index (χ1v) is 29.6. The fraction of sp³-hybridized carbons (Fsp3) is 0. The van der Waals surface area contributed by atoms with Crippen LogP contribution < -0.4 is 41.5 Å². The molecular formula is C69H50N4Si2. The molecule has 354 valence electrons. The summed E-state index contributed by atoms with van der Waals surface area (Å²) in [5.41, 5.74) is 5.98. The van der Waals surface area contributed by atoms with Gasteiger partial charge in [0.25, 0.3) is 0 Å². The zero-order chi connectivity index (χ0) is 50.0. The summed E-state index contributed by atoms with van der Waals surface area (Å²) in [5.74, 6) is 1.81. The van der Waals surface area contributed by atoms with E-state index in [9.17, 15) is 0 Å². The van der Waals surface area contributed by atoms with Crippen LogP contribution in [0.4, 0.5) is 0 Å². The van der Waals surface area contributed by atoms with Gasteiger partial charge in [-0.15, -0.1) is 0 Å². The van der Waals surface area contributed by atoms with Gasteiger partial charge in [-0.25, -0.2) is 15.0 Å². The van der Waals surface area contributed by atoms with E-state index in [1.54, 1.807) is 0 Å². The topological polar surface area (TPSA) is 43.6 Å². The van der Waals surface area contributed by atoms with E-state index in [-0.39, 0.29) is 0 Å². The third-order valence-corrected chi connectivity index (χ3v) is 24.4. The van der Waals surface area contributed by atoms with Gasteiger partial charge in [-0.05, 0) is 65.8 Å². The molecule has 11 aromatic carbocycles. The largest absolute Gasteiger partial charge is 0.309 e. The molecule has 75 heavy (non-hydrogen) atoms. The Morgan fingerprint density at radius 2 is 0.547 bits per heavy atom. The Labute approximate surface area is 439 Å². The Kier molecular flexibility index (Phi) is 11.9. The molecule has 2 aromatic heterocycles. The molecule has 0 aliphatic carbocycles. The minimum atomic E-state index is -3.18. The number of rotatable bonds is 12. The minimum absolute atomic E-state index is 0.596. The zero-order valence-electron chi connectivity index (χ0n) is 41.2. The first-order chi connectivity index (χ1) is 37.2. The molecule has 0 unspecified atom stereocenters. The third kappa shape index (κ3) is 7.87. The van der Waals surface area contributed by atoms with E-state index in [1.165, 1.54) is 52.3 Å². The van der Waals surface area contributed by atoms with Crippen molar-refractivity contribution >= 4 is 79.4 Å². The van der Waals surface area contributed by atoms with Crippen LogP contribution in [0.3, 0.4) is 0 Å². The molecule has 2 heterocycles. The lowest BCUT2D eigenvalue weighted by atomic mass is 10.1. The molecule has 0 saturated heterocycles. The van der Waals surface area contributed by atoms with Crippen LogP contribution in [0.2, 0.25) is 0 Å². The van der Waals surface area contributed by atoms with Gasteiger partial charge in [-0.2, -0.15) is 0 Å². The summed E-state index contributed by atoms with van der Waals surface area (Å²) < 4.78 is 2.36. The lowest BCUT2D eigenvalue weighted by Gasteiger charge is -2.38. The summed E-state index contributed by atoms with van der Waals surface area (Å²) in [5, 5.41) is 12.6. The summed E-state index contributed by atoms with van der Waals surface area (Å²) in [4.78, 5) is 16.7. The van der Waals surface area contributed by atoms with Gasteiger partial charge in [0.15, 0.2) is 33.6 Å². The number of hydrogen-bond donors (Lipinski definition) is 0. The van der Waals surface area contributed by atoms with Gasteiger partial charge in [-0.3, -0.25) is 0 Å². The third-order valence-electron chi connectivity index (χ3n) is 14.9. The van der Waals surface area contributed by atoms with Crippen LogP contribution in [0, 0.1) is 0 Å². The van der Waals surface area contributed by atoms with Crippen molar-refractivity contribution < 1.29 is 0 Å². The number of aromatic nitrogens is 4. The molecule has 0 amide bonds. The molecule has 13 rings (SSSR count). The SMILES string of the molecule is c1ccc(-c2nc(-c3cc([Si](c4ccccc4)(c4ccccc4)c4ccccc4)cc([Si](c4ccccc4)(c4ccccc4)c4ccccc4)c3)nc(-c3ccccc3-n3c4ccccc4c4ccccc43)n2)cc1. The number of nitrogens with zero attached hydrogens (tertiary/aromatic N) is 4. The number of hydrogen-bond acceptors (Lipinski definition) is 3. The first kappa shape index (κ1) is 45.5. The van der Waals surface area contributed by atoms with Crippen LogP contribution in [0.15, 0.2) is 303 Å². The molecule has 0 atom stereocenters. The van der Waals surface area contributed by atoms with Crippen LogP contribution in [0.25, 0.3) is 61.7 Å². The van der Waals surface area contributed by atoms with Gasteiger partial charge in [0.2, 0.25) is 0 Å². The first-order valence-electron chi connectivity index (χ1n) is 25.6. The minimum Gasteiger partial charge on any atom is -0.309 e. The lowest BCUT2D eigenvalue weighted by Crippen LogP contribution is -2.78. The molecule has 0 aliphatic heterocycles. The highest BCUT2D eigenvalue weighted by atomic mass is 28.3. The number of benzene rings is 11. The highest BCUT2D eigenvalue weighted by molar-refractivity contribution is 7.22. The van der Waals surface area contributed by atoms with E-state index in [1.807, 2.05) is 6.07 Å². The average molecular weight is 991 g/mol. The van der Waals surface area contributed by atoms with E-state index in [0.717, 1.165) is 33.4 Å². The smallest absolute Gasteiger partial charge is 0.179 e. The van der Waals surface area contributed by atoms with Crippen molar-refractivity contribution in [3.8, 4) is 39.9 Å². The van der Waals surface area contributed by atoms with E-state index in [0.29, 0.717) is 17.5 Å². The number of fused-ring (bicyclic) bond motifs is 3. The van der Waals surface area contributed by atoms with Crippen LogP contribution in [0.5, 0.6) is 0 Å². The molecular weight excluding hydrogens is 941 g/mol. The maximum atomic E-state index is 5.71. The molecule has 0 fully saturated rings. The van der Waals surface area contributed by atoms with Gasteiger partial charge in [0.1, 0.15) is 0 Å². The van der Waals surface area contributed by atoms with Crippen molar-refractivity contribution in [2.45, 2.75) is 0 Å². The highest BCUT2D eigenvalue weighted by Gasteiger charge is 2.46. The average Bonchev–Trinajstić information content (AvgIpc) is 3.84. The van der Waals surface area contributed by atoms with Crippen molar-refractivity contribution in [2.75, 3.05) is 0 Å². The molecule has 13 aromatic rings. The molecule has 0 saturated carbocycles. The van der Waals surface area contributed by atoms with Crippen molar-refractivity contribution in [2.24, 2.45) is 0 Å². The van der Waals surface area contributed by atoms with Crippen molar-refractivity contribution in [3.05, 3.63) is 303 Å². The fourth-order valence-corrected chi connectivity index (χ4v) is 21.5. The summed E-state index contributed by atoms with van der Waals surface area (Å²) >= 11 is 0. The Morgan fingerprint density at radius 3 is 0.947 bits per heavy atom. The van der Waals surface area contributed by atoms with E-state index < -0.39 is 16.1 Å². The second-order valence-corrected chi connectivity index (χ2v) is 26.7. The molecule has 0 spiro atoms. The normalized spacial score (nSPS) is 11.7. The molecule has 0 bridgehead atoms. The second-order valence-electron chi connectivity index (χ2n) is 19.1. The summed E-state index contributed by atoms with van der Waals surface area (Å²) in [6, 6.07) is 111. The van der Waals surface area contributed by atoms with Crippen LogP contribution in [0.1, 0.15) is 0 Å². The molecule has 4 nitrogen and oxygen atoms in total. The predicted molar refractivity (Wildman–Crippen MR) is 318 cm³/mol. The monoisotopic (exact) mass is 990 g/mol. The maximum absolute atomic E-state index is 5.71. The maximum Gasteiger partial charge on any atom is 0.179 e. The summed E-state index contributed by atoms with van der Waals surface area (Å²) in [6.07, 6.45) is 0. The second kappa shape index (κ2) is 19.6. The Balaban J connectivity index is 1.18. The predicted octanol–water partition coefficient (Wildman–Crippen LogP) is 10.7. The van der Waals surface area contributed by atoms with Crippen molar-refractivity contribution in [1.29, 1.82) is 0 Å². The fourth-order valence-electron chi connectivity index (χ4n) is 11.7. The van der Waals surface area contributed by atoms with E-state index in [4.69, 9.17) is 15.0 Å². The summed E-state index contributed by atoms with van der Waals surface area (Å²) in [6.45, 7) is 0. The molecule has 0 N–H and O–H groups in total.